The van der Waals surface area contributed by atoms with Gasteiger partial charge in [0.1, 0.15) is 0 Å². The maximum Gasteiger partial charge on any atom is 0.267 e. The van der Waals surface area contributed by atoms with Crippen molar-refractivity contribution in [1.29, 1.82) is 0 Å². The molecule has 3 rings (SSSR count). The second kappa shape index (κ2) is 4.52. The van der Waals surface area contributed by atoms with Crippen LogP contribution in [0, 0.1) is 13.8 Å². The second-order valence-electron chi connectivity index (χ2n) is 4.76. The molecular weight excluding hydrogens is 320 g/mol. The normalized spacial score (nSPS) is 13.8. The molecule has 0 unspecified atom stereocenters. The molecule has 1 aromatic heterocycles. The minimum absolute atomic E-state index is 0.298. The highest BCUT2D eigenvalue weighted by Gasteiger charge is 2.36. The number of fused-ring (bicyclic) bond motifs is 1. The van der Waals surface area contributed by atoms with E-state index in [2.05, 4.69) is 20.9 Å². The molecule has 0 radical (unpaired) electrons. The van der Waals surface area contributed by atoms with Crippen LogP contribution in [-0.4, -0.2) is 16.8 Å². The molecule has 0 N–H and O–H groups in total. The zero-order valence-electron chi connectivity index (χ0n) is 11.0. The van der Waals surface area contributed by atoms with Gasteiger partial charge < -0.3 is 0 Å². The van der Waals surface area contributed by atoms with Crippen LogP contribution in [0.15, 0.2) is 35.1 Å². The number of carbonyl (C=O) groups excluding carboxylic acids is 2. The Hall–Kier alpha value is -2.01. The molecule has 1 aromatic carbocycles. The molecule has 2 heterocycles. The summed E-state index contributed by atoms with van der Waals surface area (Å²) < 4.78 is 0.986. The standard InChI is InChI=1S/C15H11BrN2O2/c1-8-5-10(6-9(2)13(8)16)18-14(19)11-3-4-17-7-12(11)15(18)20/h3-7H,1-2H3. The fraction of sp³-hybridized carbons (Fsp3) is 0.133. The van der Waals surface area contributed by atoms with Crippen LogP contribution in [-0.2, 0) is 0 Å². The van der Waals surface area contributed by atoms with Crippen molar-refractivity contribution >= 4 is 33.4 Å². The SMILES string of the molecule is Cc1cc(N2C(=O)c3ccncc3C2=O)cc(C)c1Br. The van der Waals surface area contributed by atoms with Gasteiger partial charge in [0, 0.05) is 16.9 Å². The molecule has 0 spiro atoms. The molecule has 20 heavy (non-hydrogen) atoms. The van der Waals surface area contributed by atoms with Gasteiger partial charge in [0.15, 0.2) is 0 Å². The van der Waals surface area contributed by atoms with Gasteiger partial charge in [-0.2, -0.15) is 0 Å². The number of imide groups is 1. The summed E-state index contributed by atoms with van der Waals surface area (Å²) in [5.41, 5.74) is 3.32. The average Bonchev–Trinajstić information content (AvgIpc) is 2.68. The number of pyridine rings is 1. The van der Waals surface area contributed by atoms with Crippen LogP contribution >= 0.6 is 15.9 Å². The minimum Gasteiger partial charge on any atom is -0.268 e. The zero-order valence-corrected chi connectivity index (χ0v) is 12.6. The number of amides is 2. The Kier molecular flexibility index (Phi) is 2.94. The number of aryl methyl sites for hydroxylation is 2. The van der Waals surface area contributed by atoms with E-state index in [0.29, 0.717) is 16.8 Å². The molecule has 2 aromatic rings. The van der Waals surface area contributed by atoms with E-state index in [0.717, 1.165) is 15.6 Å². The number of anilines is 1. The largest absolute Gasteiger partial charge is 0.268 e. The first kappa shape index (κ1) is 13.0. The van der Waals surface area contributed by atoms with E-state index in [1.165, 1.54) is 17.3 Å². The summed E-state index contributed by atoms with van der Waals surface area (Å²) in [7, 11) is 0. The number of nitrogens with zero attached hydrogens (tertiary/aromatic N) is 2. The van der Waals surface area contributed by atoms with Gasteiger partial charge in [-0.1, -0.05) is 15.9 Å². The van der Waals surface area contributed by atoms with Gasteiger partial charge in [0.25, 0.3) is 11.8 Å². The summed E-state index contributed by atoms with van der Waals surface area (Å²) in [4.78, 5) is 29.9. The fourth-order valence-corrected chi connectivity index (χ4v) is 2.60. The lowest BCUT2D eigenvalue weighted by Crippen LogP contribution is -2.29. The number of rotatable bonds is 1. The highest BCUT2D eigenvalue weighted by Crippen LogP contribution is 2.32. The van der Waals surface area contributed by atoms with Crippen molar-refractivity contribution in [2.75, 3.05) is 4.90 Å². The van der Waals surface area contributed by atoms with E-state index in [9.17, 15) is 9.59 Å². The van der Waals surface area contributed by atoms with Crippen molar-refractivity contribution in [2.45, 2.75) is 13.8 Å². The number of carbonyl (C=O) groups is 2. The summed E-state index contributed by atoms with van der Waals surface area (Å²) in [6, 6.07) is 5.23. The van der Waals surface area contributed by atoms with E-state index in [4.69, 9.17) is 0 Å². The van der Waals surface area contributed by atoms with Crippen molar-refractivity contribution in [3.8, 4) is 0 Å². The summed E-state index contributed by atoms with van der Waals surface area (Å²) in [5, 5.41) is 0. The number of aromatic nitrogens is 1. The van der Waals surface area contributed by atoms with Crippen molar-refractivity contribution < 1.29 is 9.59 Å². The van der Waals surface area contributed by atoms with Gasteiger partial charge in [-0.3, -0.25) is 14.6 Å². The Balaban J connectivity index is 2.14. The molecule has 1 aliphatic rings. The Bertz CT molecular complexity index is 697. The Morgan fingerprint density at radius 2 is 1.65 bits per heavy atom. The first-order valence-corrected chi connectivity index (χ1v) is 6.89. The maximum atomic E-state index is 12.4. The Morgan fingerprint density at radius 1 is 1.05 bits per heavy atom. The number of hydrogen-bond donors (Lipinski definition) is 0. The molecular formula is C15H11BrN2O2. The first-order valence-electron chi connectivity index (χ1n) is 6.10. The highest BCUT2D eigenvalue weighted by molar-refractivity contribution is 9.10. The molecule has 1 aliphatic heterocycles. The molecule has 5 heteroatoms. The van der Waals surface area contributed by atoms with E-state index >= 15 is 0 Å². The fourth-order valence-electron chi connectivity index (χ4n) is 2.37. The maximum absolute atomic E-state index is 12.4. The van der Waals surface area contributed by atoms with Crippen LogP contribution in [0.3, 0.4) is 0 Å². The van der Waals surface area contributed by atoms with Gasteiger partial charge in [0.05, 0.1) is 16.8 Å². The highest BCUT2D eigenvalue weighted by atomic mass is 79.9. The minimum atomic E-state index is -0.320. The Labute approximate surface area is 124 Å². The van der Waals surface area contributed by atoms with Crippen molar-refractivity contribution in [3.63, 3.8) is 0 Å². The molecule has 0 saturated carbocycles. The van der Waals surface area contributed by atoms with Gasteiger partial charge in [-0.15, -0.1) is 0 Å². The molecule has 2 amide bonds. The third kappa shape index (κ3) is 1.78. The van der Waals surface area contributed by atoms with Crippen molar-refractivity contribution in [1.82, 2.24) is 4.98 Å². The Morgan fingerprint density at radius 3 is 2.25 bits per heavy atom. The van der Waals surface area contributed by atoms with Crippen molar-refractivity contribution in [2.24, 2.45) is 0 Å². The van der Waals surface area contributed by atoms with Gasteiger partial charge >= 0.3 is 0 Å². The van der Waals surface area contributed by atoms with Crippen LogP contribution in [0.5, 0.6) is 0 Å². The molecule has 0 bridgehead atoms. The number of benzene rings is 1. The van der Waals surface area contributed by atoms with Gasteiger partial charge in [0.2, 0.25) is 0 Å². The average molecular weight is 331 g/mol. The van der Waals surface area contributed by atoms with E-state index in [1.54, 1.807) is 6.07 Å². The topological polar surface area (TPSA) is 50.3 Å². The smallest absolute Gasteiger partial charge is 0.267 e. The first-order chi connectivity index (χ1) is 9.50. The summed E-state index contributed by atoms with van der Waals surface area (Å²) in [5.74, 6) is -0.618. The van der Waals surface area contributed by atoms with E-state index in [-0.39, 0.29) is 11.8 Å². The third-order valence-corrected chi connectivity index (χ3v) is 4.62. The molecule has 4 nitrogen and oxygen atoms in total. The van der Waals surface area contributed by atoms with Crippen LogP contribution < -0.4 is 4.90 Å². The quantitative estimate of drug-likeness (QED) is 0.754. The van der Waals surface area contributed by atoms with Gasteiger partial charge in [-0.05, 0) is 43.2 Å². The second-order valence-corrected chi connectivity index (χ2v) is 5.55. The number of hydrogen-bond acceptors (Lipinski definition) is 3. The van der Waals surface area contributed by atoms with Crippen molar-refractivity contribution in [3.05, 3.63) is 57.3 Å². The van der Waals surface area contributed by atoms with E-state index < -0.39 is 0 Å². The summed E-state index contributed by atoms with van der Waals surface area (Å²) >= 11 is 3.48. The predicted octanol–water partition coefficient (Wildman–Crippen LogP) is 3.26. The monoisotopic (exact) mass is 330 g/mol. The molecule has 100 valence electrons. The molecule has 0 saturated heterocycles. The van der Waals surface area contributed by atoms with Crippen LogP contribution in [0.2, 0.25) is 0 Å². The van der Waals surface area contributed by atoms with Crippen LogP contribution in [0.4, 0.5) is 5.69 Å². The lowest BCUT2D eigenvalue weighted by atomic mass is 10.1. The summed E-state index contributed by atoms with van der Waals surface area (Å²) in [6.45, 7) is 3.86. The molecule has 0 aliphatic carbocycles. The van der Waals surface area contributed by atoms with Gasteiger partial charge in [-0.25, -0.2) is 4.90 Å². The predicted molar refractivity (Wildman–Crippen MR) is 79.0 cm³/mol. The molecule has 0 fully saturated rings. The van der Waals surface area contributed by atoms with Crippen LogP contribution in [0.25, 0.3) is 0 Å². The zero-order chi connectivity index (χ0) is 14.4. The van der Waals surface area contributed by atoms with Crippen LogP contribution in [0.1, 0.15) is 31.8 Å². The molecule has 0 atom stereocenters. The van der Waals surface area contributed by atoms with E-state index in [1.807, 2.05) is 26.0 Å². The third-order valence-electron chi connectivity index (χ3n) is 3.37. The lowest BCUT2D eigenvalue weighted by molar-refractivity contribution is 0.0926. The lowest BCUT2D eigenvalue weighted by Gasteiger charge is -2.16. The number of halogens is 1. The summed E-state index contributed by atoms with van der Waals surface area (Å²) in [6.07, 6.45) is 2.96.